The first-order valence-corrected chi connectivity index (χ1v) is 15.6. The zero-order valence-electron chi connectivity index (χ0n) is 22.8. The molecule has 0 spiro atoms. The number of fused-ring (bicyclic) bond motifs is 1. The molecule has 4 heteroatoms. The Bertz CT molecular complexity index is 1110. The van der Waals surface area contributed by atoms with Gasteiger partial charge in [0, 0.05) is 23.2 Å². The Morgan fingerprint density at radius 3 is 2.35 bits per heavy atom. The molecule has 5 saturated carbocycles. The molecule has 1 N–H and O–H groups in total. The summed E-state index contributed by atoms with van der Waals surface area (Å²) in [5.41, 5.74) is 6.34. The molecule has 5 fully saturated rings. The summed E-state index contributed by atoms with van der Waals surface area (Å²) in [6, 6.07) is 9.72. The fourth-order valence-electron chi connectivity index (χ4n) is 9.46. The molecule has 37 heavy (non-hydrogen) atoms. The first kappa shape index (κ1) is 24.0. The van der Waals surface area contributed by atoms with Gasteiger partial charge in [-0.15, -0.1) is 0 Å². The molecule has 1 atom stereocenters. The van der Waals surface area contributed by atoms with Crippen LogP contribution in [-0.4, -0.2) is 21.7 Å². The predicted octanol–water partition coefficient (Wildman–Crippen LogP) is 7.30. The normalized spacial score (nSPS) is 33.2. The number of nitrogens with zero attached hydrogens (tertiary/aromatic N) is 2. The van der Waals surface area contributed by atoms with Crippen LogP contribution < -0.4 is 5.32 Å². The van der Waals surface area contributed by atoms with Gasteiger partial charge in [0.2, 0.25) is 0 Å². The van der Waals surface area contributed by atoms with E-state index in [0.29, 0.717) is 29.8 Å². The molecule has 0 radical (unpaired) electrons. The summed E-state index contributed by atoms with van der Waals surface area (Å²) < 4.78 is 2.40. The molecular weight excluding hydrogens is 454 g/mol. The lowest BCUT2D eigenvalue weighted by atomic mass is 9.54. The number of nitrogens with one attached hydrogen (secondary N) is 1. The van der Waals surface area contributed by atoms with Crippen LogP contribution in [0.3, 0.4) is 0 Å². The third-order valence-electron chi connectivity index (χ3n) is 11.1. The number of hydrogen-bond acceptors (Lipinski definition) is 2. The van der Waals surface area contributed by atoms with Crippen molar-refractivity contribution in [1.29, 1.82) is 0 Å². The number of aromatic nitrogens is 2. The molecule has 0 saturated heterocycles. The number of carbonyl (C=O) groups is 1. The fraction of sp³-hybridized carbons (Fsp3) is 0.697. The number of benzene rings is 1. The van der Waals surface area contributed by atoms with Crippen LogP contribution in [0.5, 0.6) is 0 Å². The number of hydrogen-bond donors (Lipinski definition) is 1. The summed E-state index contributed by atoms with van der Waals surface area (Å²) in [6.07, 6.45) is 18.8. The average Bonchev–Trinajstić information content (AvgIpc) is 3.17. The molecule has 1 aromatic carbocycles. The summed E-state index contributed by atoms with van der Waals surface area (Å²) in [7, 11) is 0. The number of rotatable bonds is 5. The topological polar surface area (TPSA) is 46.9 Å². The summed E-state index contributed by atoms with van der Waals surface area (Å²) in [5.74, 6) is 3.86. The molecule has 6 aliphatic carbocycles. The highest BCUT2D eigenvalue weighted by Crippen LogP contribution is 2.53. The second-order valence-corrected chi connectivity index (χ2v) is 13.5. The van der Waals surface area contributed by atoms with E-state index in [2.05, 4.69) is 41.2 Å². The minimum absolute atomic E-state index is 0.139. The highest BCUT2D eigenvalue weighted by molar-refractivity contribution is 5.94. The summed E-state index contributed by atoms with van der Waals surface area (Å²) in [6.45, 7) is 2.25. The van der Waals surface area contributed by atoms with E-state index in [9.17, 15) is 4.79 Å². The maximum Gasteiger partial charge on any atom is 0.272 e. The lowest BCUT2D eigenvalue weighted by Crippen LogP contribution is -2.56. The lowest BCUT2D eigenvalue weighted by Gasteiger charge is -2.54. The third-order valence-corrected chi connectivity index (χ3v) is 11.1. The van der Waals surface area contributed by atoms with Crippen molar-refractivity contribution in [2.45, 2.75) is 121 Å². The van der Waals surface area contributed by atoms with Gasteiger partial charge in [0.1, 0.15) is 0 Å². The lowest BCUT2D eigenvalue weighted by molar-refractivity contribution is -0.0120. The van der Waals surface area contributed by atoms with Gasteiger partial charge in [0.15, 0.2) is 5.69 Å². The highest BCUT2D eigenvalue weighted by atomic mass is 16.2. The zero-order chi connectivity index (χ0) is 24.9. The van der Waals surface area contributed by atoms with Gasteiger partial charge in [-0.2, -0.15) is 5.10 Å². The van der Waals surface area contributed by atoms with Crippen molar-refractivity contribution in [1.82, 2.24) is 15.1 Å². The van der Waals surface area contributed by atoms with Gasteiger partial charge in [-0.05, 0) is 112 Å². The quantitative estimate of drug-likeness (QED) is 0.439. The van der Waals surface area contributed by atoms with Crippen LogP contribution in [0, 0.1) is 30.6 Å². The second-order valence-electron chi connectivity index (χ2n) is 13.5. The van der Waals surface area contributed by atoms with Crippen LogP contribution >= 0.6 is 0 Å². The summed E-state index contributed by atoms with van der Waals surface area (Å²) >= 11 is 0. The van der Waals surface area contributed by atoms with E-state index in [4.69, 9.17) is 5.10 Å². The Morgan fingerprint density at radius 1 is 0.919 bits per heavy atom. The second kappa shape index (κ2) is 9.89. The molecule has 8 rings (SSSR count). The van der Waals surface area contributed by atoms with Crippen LogP contribution in [0.2, 0.25) is 0 Å². The first-order valence-electron chi connectivity index (χ1n) is 15.6. The van der Waals surface area contributed by atoms with Crippen molar-refractivity contribution >= 4 is 5.91 Å². The van der Waals surface area contributed by atoms with Crippen LogP contribution in [0.25, 0.3) is 0 Å². The van der Waals surface area contributed by atoms with Gasteiger partial charge < -0.3 is 5.32 Å². The van der Waals surface area contributed by atoms with Crippen LogP contribution in [0.15, 0.2) is 24.3 Å². The Morgan fingerprint density at radius 2 is 1.62 bits per heavy atom. The summed E-state index contributed by atoms with van der Waals surface area (Å²) in [4.78, 5) is 14.0. The highest BCUT2D eigenvalue weighted by Gasteiger charge is 2.49. The van der Waals surface area contributed by atoms with Gasteiger partial charge in [0.05, 0.1) is 6.04 Å². The molecule has 198 valence electrons. The van der Waals surface area contributed by atoms with Gasteiger partial charge in [0.25, 0.3) is 5.91 Å². The molecule has 6 aliphatic rings. The molecule has 4 bridgehead atoms. The largest absolute Gasteiger partial charge is 0.347 e. The zero-order valence-corrected chi connectivity index (χ0v) is 22.8. The van der Waals surface area contributed by atoms with E-state index < -0.39 is 0 Å². The molecule has 4 nitrogen and oxygen atoms in total. The SMILES string of the molecule is Cc1ccccc1CC1CCCCc2c(C(=O)NC3C4CC5CC(C4)CC3C5)nn(C3CCCCC3)c21. The monoisotopic (exact) mass is 499 g/mol. The molecule has 1 amide bonds. The molecule has 1 unspecified atom stereocenters. The van der Waals surface area contributed by atoms with Gasteiger partial charge in [-0.1, -0.05) is 49.9 Å². The Hall–Kier alpha value is -2.10. The minimum atomic E-state index is 0.139. The van der Waals surface area contributed by atoms with Gasteiger partial charge >= 0.3 is 0 Å². The Balaban J connectivity index is 1.23. The van der Waals surface area contributed by atoms with E-state index in [1.54, 1.807) is 0 Å². The molecule has 0 aliphatic heterocycles. The first-order chi connectivity index (χ1) is 18.1. The van der Waals surface area contributed by atoms with E-state index >= 15 is 0 Å². The van der Waals surface area contributed by atoms with Crippen LogP contribution in [0.1, 0.15) is 128 Å². The molecule has 1 aromatic heterocycles. The fourth-order valence-corrected chi connectivity index (χ4v) is 9.46. The van der Waals surface area contributed by atoms with E-state index in [1.807, 2.05) is 0 Å². The Kier molecular flexibility index (Phi) is 6.41. The molecular formula is C33H45N3O. The third kappa shape index (κ3) is 4.46. The minimum Gasteiger partial charge on any atom is -0.347 e. The van der Waals surface area contributed by atoms with Crippen molar-refractivity contribution in [3.8, 4) is 0 Å². The van der Waals surface area contributed by atoms with Crippen molar-refractivity contribution in [3.63, 3.8) is 0 Å². The maximum absolute atomic E-state index is 14.0. The van der Waals surface area contributed by atoms with Crippen molar-refractivity contribution in [3.05, 3.63) is 52.3 Å². The predicted molar refractivity (Wildman–Crippen MR) is 148 cm³/mol. The van der Waals surface area contributed by atoms with E-state index in [1.165, 1.54) is 106 Å². The van der Waals surface area contributed by atoms with Crippen molar-refractivity contribution in [2.24, 2.45) is 23.7 Å². The van der Waals surface area contributed by atoms with Gasteiger partial charge in [-0.25, -0.2) is 0 Å². The number of carbonyl (C=O) groups excluding carboxylic acids is 1. The van der Waals surface area contributed by atoms with Crippen molar-refractivity contribution in [2.75, 3.05) is 0 Å². The smallest absolute Gasteiger partial charge is 0.272 e. The maximum atomic E-state index is 14.0. The standard InChI is InChI=1S/C33H45N3O/c1-21-9-5-6-10-24(21)20-25-11-7-8-14-29-31(35-36(32(25)29)28-12-3-2-4-13-28)33(37)34-30-26-16-22-15-23(18-26)19-27(30)17-22/h5-6,9-10,22-23,25-28,30H,2-4,7-8,11-20H2,1H3,(H,34,37). The van der Waals surface area contributed by atoms with Gasteiger partial charge in [-0.3, -0.25) is 9.48 Å². The van der Waals surface area contributed by atoms with Crippen molar-refractivity contribution < 1.29 is 4.79 Å². The van der Waals surface area contributed by atoms with Crippen LogP contribution in [0.4, 0.5) is 0 Å². The average molecular weight is 500 g/mol. The molecule has 1 heterocycles. The Labute approximate surface area is 223 Å². The summed E-state index contributed by atoms with van der Waals surface area (Å²) in [5, 5.41) is 8.88. The molecule has 2 aromatic rings. The number of amides is 1. The van der Waals surface area contributed by atoms with Crippen LogP contribution in [-0.2, 0) is 12.8 Å². The van der Waals surface area contributed by atoms with E-state index in [-0.39, 0.29) is 5.91 Å². The van der Waals surface area contributed by atoms with E-state index in [0.717, 1.165) is 30.4 Å². The number of aryl methyl sites for hydroxylation is 1.